The summed E-state index contributed by atoms with van der Waals surface area (Å²) in [6, 6.07) is 0. The molecule has 2 nitrogen and oxygen atoms in total. The number of aliphatic hydroxyl groups excluding tert-OH is 1. The van der Waals surface area contributed by atoms with Gasteiger partial charge in [-0.3, -0.25) is 0 Å². The molecule has 1 saturated carbocycles. The van der Waals surface area contributed by atoms with Crippen LogP contribution in [-0.4, -0.2) is 23.9 Å². The highest BCUT2D eigenvalue weighted by Gasteiger charge is 2.56. The molecule has 1 saturated heterocycles. The Balaban J connectivity index is 2.16. The lowest BCUT2D eigenvalue weighted by Crippen LogP contribution is -2.53. The summed E-state index contributed by atoms with van der Waals surface area (Å²) in [5, 5.41) is 9.00. The largest absolute Gasteiger partial charge is 0.396 e. The zero-order chi connectivity index (χ0) is 7.90. The maximum Gasteiger partial charge on any atom is 0.0938 e. The predicted octanol–water partition coefficient (Wildman–Crippen LogP) is 0.960. The summed E-state index contributed by atoms with van der Waals surface area (Å²) in [4.78, 5) is 0. The van der Waals surface area contributed by atoms with Crippen LogP contribution in [0.15, 0.2) is 12.7 Å². The first kappa shape index (κ1) is 7.32. The van der Waals surface area contributed by atoms with Crippen molar-refractivity contribution in [1.29, 1.82) is 0 Å². The fourth-order valence-corrected chi connectivity index (χ4v) is 2.45. The Labute approximate surface area is 66.9 Å². The van der Waals surface area contributed by atoms with Gasteiger partial charge in [0.05, 0.1) is 5.60 Å². The van der Waals surface area contributed by atoms with E-state index in [1.54, 1.807) is 0 Å². The Hall–Kier alpha value is -0.340. The molecule has 0 bridgehead atoms. The number of rotatable bonds is 2. The minimum Gasteiger partial charge on any atom is -0.396 e. The van der Waals surface area contributed by atoms with E-state index in [4.69, 9.17) is 9.84 Å². The van der Waals surface area contributed by atoms with Gasteiger partial charge in [-0.2, -0.15) is 0 Å². The Morgan fingerprint density at radius 1 is 1.73 bits per heavy atom. The van der Waals surface area contributed by atoms with E-state index in [1.807, 2.05) is 6.08 Å². The summed E-state index contributed by atoms with van der Waals surface area (Å²) >= 11 is 0. The van der Waals surface area contributed by atoms with Crippen LogP contribution < -0.4 is 0 Å². The van der Waals surface area contributed by atoms with Crippen LogP contribution in [0.5, 0.6) is 0 Å². The van der Waals surface area contributed by atoms with Crippen LogP contribution in [0.4, 0.5) is 0 Å². The third-order valence-electron chi connectivity index (χ3n) is 3.20. The fraction of sp³-hybridized carbons (Fsp3) is 0.778. The van der Waals surface area contributed by atoms with Crippen molar-refractivity contribution in [3.8, 4) is 0 Å². The smallest absolute Gasteiger partial charge is 0.0938 e. The van der Waals surface area contributed by atoms with E-state index in [0.29, 0.717) is 11.8 Å². The fourth-order valence-electron chi connectivity index (χ4n) is 2.45. The van der Waals surface area contributed by atoms with Gasteiger partial charge in [0.15, 0.2) is 0 Å². The Kier molecular flexibility index (Phi) is 1.55. The van der Waals surface area contributed by atoms with Gasteiger partial charge in [0.1, 0.15) is 0 Å². The molecule has 1 aliphatic carbocycles. The molecule has 0 radical (unpaired) electrons. The summed E-state index contributed by atoms with van der Waals surface area (Å²) in [6.07, 6.45) is 4.14. The zero-order valence-corrected chi connectivity index (χ0v) is 6.62. The summed E-state index contributed by atoms with van der Waals surface area (Å²) in [5.74, 6) is 0.949. The van der Waals surface area contributed by atoms with Crippen LogP contribution in [0.25, 0.3) is 0 Å². The molecule has 1 N–H and O–H groups in total. The molecule has 0 aromatic rings. The van der Waals surface area contributed by atoms with Gasteiger partial charge in [0.25, 0.3) is 0 Å². The molecule has 0 unspecified atom stereocenters. The van der Waals surface area contributed by atoms with Crippen molar-refractivity contribution in [2.75, 3.05) is 13.2 Å². The molecular weight excluding hydrogens is 140 g/mol. The van der Waals surface area contributed by atoms with Gasteiger partial charge >= 0.3 is 0 Å². The van der Waals surface area contributed by atoms with Crippen molar-refractivity contribution in [3.05, 3.63) is 12.7 Å². The average Bonchev–Trinajstić information content (AvgIpc) is 2.31. The molecule has 2 fully saturated rings. The zero-order valence-electron chi connectivity index (χ0n) is 6.62. The first-order valence-corrected chi connectivity index (χ1v) is 4.22. The Bertz CT molecular complexity index is 178. The average molecular weight is 154 g/mol. The first-order valence-electron chi connectivity index (χ1n) is 4.22. The molecule has 2 rings (SSSR count). The van der Waals surface area contributed by atoms with Crippen LogP contribution in [-0.2, 0) is 4.74 Å². The van der Waals surface area contributed by atoms with Crippen LogP contribution in [0.1, 0.15) is 12.8 Å². The normalized spacial score (nSPS) is 48.1. The highest BCUT2D eigenvalue weighted by Crippen LogP contribution is 2.53. The van der Waals surface area contributed by atoms with Gasteiger partial charge in [-0.25, -0.2) is 0 Å². The molecule has 2 heteroatoms. The van der Waals surface area contributed by atoms with Gasteiger partial charge < -0.3 is 9.84 Å². The van der Waals surface area contributed by atoms with Crippen molar-refractivity contribution in [1.82, 2.24) is 0 Å². The lowest BCUT2D eigenvalue weighted by molar-refractivity contribution is -0.112. The Morgan fingerprint density at radius 2 is 2.55 bits per heavy atom. The predicted molar refractivity (Wildman–Crippen MR) is 42.2 cm³/mol. The molecule has 11 heavy (non-hydrogen) atoms. The van der Waals surface area contributed by atoms with Crippen LogP contribution in [0.2, 0.25) is 0 Å². The van der Waals surface area contributed by atoms with Gasteiger partial charge in [-0.15, -0.1) is 6.58 Å². The quantitative estimate of drug-likeness (QED) is 0.600. The molecule has 3 atom stereocenters. The van der Waals surface area contributed by atoms with Crippen LogP contribution >= 0.6 is 0 Å². The van der Waals surface area contributed by atoms with Crippen LogP contribution in [0, 0.1) is 11.8 Å². The molecule has 0 amide bonds. The Morgan fingerprint density at radius 3 is 3.09 bits per heavy atom. The van der Waals surface area contributed by atoms with Crippen molar-refractivity contribution in [3.63, 3.8) is 0 Å². The highest BCUT2D eigenvalue weighted by molar-refractivity contribution is 5.16. The monoisotopic (exact) mass is 154 g/mol. The maximum atomic E-state index is 9.00. The summed E-state index contributed by atoms with van der Waals surface area (Å²) in [6.45, 7) is 4.86. The topological polar surface area (TPSA) is 29.5 Å². The molecule has 0 spiro atoms. The second-order valence-corrected chi connectivity index (χ2v) is 3.51. The molecule has 0 aromatic heterocycles. The van der Waals surface area contributed by atoms with E-state index < -0.39 is 0 Å². The molecular formula is C9H14O2. The standard InChI is InChI=1S/C9H14O2/c1-2-9-7(3-4-11-9)5-8(9)6-10/h2,7-8,10H,1,3-6H2/t7-,8+,9-/m0/s1. The lowest BCUT2D eigenvalue weighted by Gasteiger charge is -2.48. The van der Waals surface area contributed by atoms with E-state index in [2.05, 4.69) is 6.58 Å². The number of aliphatic hydroxyl groups is 1. The van der Waals surface area contributed by atoms with E-state index in [9.17, 15) is 0 Å². The first-order chi connectivity index (χ1) is 5.33. The number of fused-ring (bicyclic) bond motifs is 1. The second kappa shape index (κ2) is 2.32. The summed E-state index contributed by atoms with van der Waals surface area (Å²) in [5.41, 5.74) is -0.144. The molecule has 1 aliphatic heterocycles. The van der Waals surface area contributed by atoms with Crippen molar-refractivity contribution < 1.29 is 9.84 Å². The highest BCUT2D eigenvalue weighted by atomic mass is 16.5. The van der Waals surface area contributed by atoms with Gasteiger partial charge in [0, 0.05) is 19.1 Å². The van der Waals surface area contributed by atoms with Gasteiger partial charge in [0.2, 0.25) is 0 Å². The van der Waals surface area contributed by atoms with Crippen molar-refractivity contribution >= 4 is 0 Å². The minimum absolute atomic E-state index is 0.144. The van der Waals surface area contributed by atoms with E-state index in [1.165, 1.54) is 0 Å². The van der Waals surface area contributed by atoms with Gasteiger partial charge in [-0.05, 0) is 18.8 Å². The third kappa shape index (κ3) is 0.741. The SMILES string of the molecule is C=C[C@]12OCC[C@H]1C[C@@H]2CO. The third-order valence-corrected chi connectivity index (χ3v) is 3.20. The molecule has 1 heterocycles. The van der Waals surface area contributed by atoms with Gasteiger partial charge in [-0.1, -0.05) is 6.08 Å². The van der Waals surface area contributed by atoms with Crippen molar-refractivity contribution in [2.24, 2.45) is 11.8 Å². The molecule has 2 aliphatic rings. The van der Waals surface area contributed by atoms with E-state index >= 15 is 0 Å². The molecule has 62 valence electrons. The minimum atomic E-state index is -0.144. The second-order valence-electron chi connectivity index (χ2n) is 3.51. The van der Waals surface area contributed by atoms with Crippen LogP contribution in [0.3, 0.4) is 0 Å². The van der Waals surface area contributed by atoms with E-state index in [-0.39, 0.29) is 12.2 Å². The summed E-state index contributed by atoms with van der Waals surface area (Å²) in [7, 11) is 0. The number of ether oxygens (including phenoxy) is 1. The number of hydrogen-bond acceptors (Lipinski definition) is 2. The summed E-state index contributed by atoms with van der Waals surface area (Å²) < 4.78 is 5.61. The lowest BCUT2D eigenvalue weighted by atomic mass is 9.61. The van der Waals surface area contributed by atoms with Crippen molar-refractivity contribution in [2.45, 2.75) is 18.4 Å². The maximum absolute atomic E-state index is 9.00. The number of hydrogen-bond donors (Lipinski definition) is 1. The van der Waals surface area contributed by atoms with E-state index in [0.717, 1.165) is 19.4 Å². The molecule has 0 aromatic carbocycles.